The number of rotatable bonds is 4. The predicted octanol–water partition coefficient (Wildman–Crippen LogP) is 1.04. The van der Waals surface area contributed by atoms with Crippen molar-refractivity contribution in [2.75, 3.05) is 30.5 Å². The lowest BCUT2D eigenvalue weighted by molar-refractivity contribution is 0.0602. The molecule has 1 aliphatic rings. The van der Waals surface area contributed by atoms with Crippen LogP contribution in [0.4, 0.5) is 11.4 Å². The summed E-state index contributed by atoms with van der Waals surface area (Å²) in [5.74, 6) is -0.276. The van der Waals surface area contributed by atoms with Gasteiger partial charge in [0.1, 0.15) is 0 Å². The number of sulfone groups is 1. The molecule has 2 rings (SSSR count). The van der Waals surface area contributed by atoms with Crippen molar-refractivity contribution in [1.82, 2.24) is 0 Å². The highest BCUT2D eigenvalue weighted by atomic mass is 32.2. The first kappa shape index (κ1) is 14.6. The molecule has 1 fully saturated rings. The van der Waals surface area contributed by atoms with Crippen molar-refractivity contribution in [3.05, 3.63) is 23.8 Å². The van der Waals surface area contributed by atoms with Crippen LogP contribution in [0, 0.1) is 0 Å². The van der Waals surface area contributed by atoms with E-state index in [2.05, 4.69) is 5.32 Å². The van der Waals surface area contributed by atoms with E-state index < -0.39 is 21.1 Å². The number of para-hydroxylation sites is 1. The zero-order valence-corrected chi connectivity index (χ0v) is 12.1. The number of hydrogen-bond acceptors (Lipinski definition) is 6. The van der Waals surface area contributed by atoms with Gasteiger partial charge >= 0.3 is 5.97 Å². The van der Waals surface area contributed by atoms with Crippen LogP contribution >= 0.6 is 0 Å². The number of anilines is 2. The number of nitrogens with one attached hydrogen (secondary N) is 1. The lowest BCUT2D eigenvalue weighted by Gasteiger charge is -2.16. The Kier molecular flexibility index (Phi) is 4.17. The molecule has 20 heavy (non-hydrogen) atoms. The van der Waals surface area contributed by atoms with Crippen LogP contribution in [0.1, 0.15) is 23.2 Å². The summed E-state index contributed by atoms with van der Waals surface area (Å²) in [6.07, 6.45) is 1.32. The Morgan fingerprint density at radius 1 is 1.50 bits per heavy atom. The van der Waals surface area contributed by atoms with E-state index >= 15 is 0 Å². The molecule has 1 atom stereocenters. The van der Waals surface area contributed by atoms with Gasteiger partial charge in [-0.25, -0.2) is 13.2 Å². The van der Waals surface area contributed by atoms with Gasteiger partial charge in [0.05, 0.1) is 35.1 Å². The van der Waals surface area contributed by atoms with Gasteiger partial charge in [0.2, 0.25) is 0 Å². The summed E-state index contributed by atoms with van der Waals surface area (Å²) in [5.41, 5.74) is 6.98. The van der Waals surface area contributed by atoms with Crippen LogP contribution in [0.25, 0.3) is 0 Å². The van der Waals surface area contributed by atoms with E-state index in [-0.39, 0.29) is 12.3 Å². The lowest BCUT2D eigenvalue weighted by Crippen LogP contribution is -2.26. The fourth-order valence-corrected chi connectivity index (χ4v) is 4.12. The van der Waals surface area contributed by atoms with E-state index in [1.54, 1.807) is 18.2 Å². The molecule has 0 amide bonds. The fourth-order valence-electron chi connectivity index (χ4n) is 2.35. The van der Waals surface area contributed by atoms with Crippen molar-refractivity contribution in [1.29, 1.82) is 0 Å². The standard InChI is InChI=1S/C13H18N2O4S/c1-19-13(16)10-5-2-6-11(14)12(10)15-8-9-4-3-7-20(9,17)18/h2,5-6,9,15H,3-4,7-8,14H2,1H3. The van der Waals surface area contributed by atoms with Crippen LogP contribution in [-0.4, -0.2) is 39.0 Å². The van der Waals surface area contributed by atoms with Gasteiger partial charge in [-0.15, -0.1) is 0 Å². The number of carbonyl (C=O) groups excluding carboxylic acids is 1. The molecule has 110 valence electrons. The van der Waals surface area contributed by atoms with Crippen molar-refractivity contribution < 1.29 is 17.9 Å². The molecule has 1 saturated heterocycles. The highest BCUT2D eigenvalue weighted by Crippen LogP contribution is 2.26. The van der Waals surface area contributed by atoms with Crippen LogP contribution in [0.15, 0.2) is 18.2 Å². The highest BCUT2D eigenvalue weighted by Gasteiger charge is 2.31. The van der Waals surface area contributed by atoms with Crippen LogP contribution in [-0.2, 0) is 14.6 Å². The molecule has 1 unspecified atom stereocenters. The summed E-state index contributed by atoms with van der Waals surface area (Å²) in [6.45, 7) is 0.251. The van der Waals surface area contributed by atoms with Crippen LogP contribution in [0.5, 0.6) is 0 Å². The average molecular weight is 298 g/mol. The summed E-state index contributed by atoms with van der Waals surface area (Å²) >= 11 is 0. The molecule has 6 nitrogen and oxygen atoms in total. The van der Waals surface area contributed by atoms with Crippen molar-refractivity contribution in [2.45, 2.75) is 18.1 Å². The number of hydrogen-bond donors (Lipinski definition) is 2. The van der Waals surface area contributed by atoms with Crippen molar-refractivity contribution >= 4 is 27.2 Å². The third-order valence-corrected chi connectivity index (χ3v) is 5.75. The average Bonchev–Trinajstić information content (AvgIpc) is 2.75. The zero-order valence-electron chi connectivity index (χ0n) is 11.3. The lowest BCUT2D eigenvalue weighted by atomic mass is 10.1. The second kappa shape index (κ2) is 5.70. The maximum absolute atomic E-state index is 11.8. The molecule has 1 aromatic carbocycles. The van der Waals surface area contributed by atoms with E-state index in [9.17, 15) is 13.2 Å². The summed E-state index contributed by atoms with van der Waals surface area (Å²) < 4.78 is 28.3. The summed E-state index contributed by atoms with van der Waals surface area (Å²) in [6, 6.07) is 4.89. The molecule has 0 spiro atoms. The highest BCUT2D eigenvalue weighted by molar-refractivity contribution is 7.92. The number of esters is 1. The van der Waals surface area contributed by atoms with Gasteiger partial charge in [-0.3, -0.25) is 0 Å². The second-order valence-electron chi connectivity index (χ2n) is 4.77. The van der Waals surface area contributed by atoms with Gasteiger partial charge in [0, 0.05) is 6.54 Å². The van der Waals surface area contributed by atoms with Gasteiger partial charge in [-0.2, -0.15) is 0 Å². The fraction of sp³-hybridized carbons (Fsp3) is 0.462. The maximum atomic E-state index is 11.8. The monoisotopic (exact) mass is 298 g/mol. The molecule has 1 aromatic rings. The smallest absolute Gasteiger partial charge is 0.340 e. The molecule has 7 heteroatoms. The Hall–Kier alpha value is -1.76. The molecule has 0 aromatic heterocycles. The molecule has 1 aliphatic heterocycles. The Balaban J connectivity index is 2.19. The Morgan fingerprint density at radius 3 is 2.85 bits per heavy atom. The number of carbonyl (C=O) groups is 1. The number of nitrogen functional groups attached to an aromatic ring is 1. The van der Waals surface area contributed by atoms with E-state index in [1.165, 1.54) is 7.11 Å². The Labute approximate surface area is 118 Å². The quantitative estimate of drug-likeness (QED) is 0.636. The van der Waals surface area contributed by atoms with Crippen molar-refractivity contribution in [3.8, 4) is 0 Å². The predicted molar refractivity (Wildman–Crippen MR) is 77.5 cm³/mol. The number of nitrogens with two attached hydrogens (primary N) is 1. The molecule has 0 radical (unpaired) electrons. The molecule has 3 N–H and O–H groups in total. The van der Waals surface area contributed by atoms with Crippen LogP contribution in [0.3, 0.4) is 0 Å². The molecule has 0 aliphatic carbocycles. The van der Waals surface area contributed by atoms with E-state index in [1.807, 2.05) is 0 Å². The van der Waals surface area contributed by atoms with E-state index in [4.69, 9.17) is 10.5 Å². The number of benzene rings is 1. The third kappa shape index (κ3) is 2.87. The van der Waals surface area contributed by atoms with E-state index in [0.717, 1.165) is 0 Å². The van der Waals surface area contributed by atoms with Gasteiger partial charge < -0.3 is 15.8 Å². The molecule has 0 bridgehead atoms. The maximum Gasteiger partial charge on any atom is 0.340 e. The summed E-state index contributed by atoms with van der Waals surface area (Å²) in [4.78, 5) is 11.7. The second-order valence-corrected chi connectivity index (χ2v) is 7.17. The normalized spacial score (nSPS) is 20.6. The SMILES string of the molecule is COC(=O)c1cccc(N)c1NCC1CCCS1(=O)=O. The first-order chi connectivity index (χ1) is 9.45. The van der Waals surface area contributed by atoms with Gasteiger partial charge in [-0.05, 0) is 25.0 Å². The molecule has 0 saturated carbocycles. The molecular weight excluding hydrogens is 280 g/mol. The third-order valence-electron chi connectivity index (χ3n) is 3.47. The van der Waals surface area contributed by atoms with Gasteiger partial charge in [-0.1, -0.05) is 6.07 Å². The first-order valence-corrected chi connectivity index (χ1v) is 8.09. The van der Waals surface area contributed by atoms with Gasteiger partial charge in [0.25, 0.3) is 0 Å². The summed E-state index contributed by atoms with van der Waals surface area (Å²) in [5, 5.41) is 2.57. The van der Waals surface area contributed by atoms with Gasteiger partial charge in [0.15, 0.2) is 9.84 Å². The number of ether oxygens (including phenoxy) is 1. The first-order valence-electron chi connectivity index (χ1n) is 6.38. The minimum atomic E-state index is -3.03. The molecular formula is C13H18N2O4S. The molecule has 1 heterocycles. The zero-order chi connectivity index (χ0) is 14.8. The van der Waals surface area contributed by atoms with Crippen molar-refractivity contribution in [3.63, 3.8) is 0 Å². The van der Waals surface area contributed by atoms with E-state index in [0.29, 0.717) is 29.8 Å². The summed E-state index contributed by atoms with van der Waals surface area (Å²) in [7, 11) is -1.74. The van der Waals surface area contributed by atoms with Crippen LogP contribution in [0.2, 0.25) is 0 Å². The Morgan fingerprint density at radius 2 is 2.25 bits per heavy atom. The number of methoxy groups -OCH3 is 1. The largest absolute Gasteiger partial charge is 0.465 e. The minimum absolute atomic E-state index is 0.230. The minimum Gasteiger partial charge on any atom is -0.465 e. The van der Waals surface area contributed by atoms with Crippen LogP contribution < -0.4 is 11.1 Å². The Bertz CT molecular complexity index is 613. The topological polar surface area (TPSA) is 98.5 Å². The van der Waals surface area contributed by atoms with Crippen molar-refractivity contribution in [2.24, 2.45) is 0 Å².